The molecular formula is C13H14N2O3. The average molecular weight is 246 g/mol. The van der Waals surface area contributed by atoms with E-state index in [4.69, 9.17) is 0 Å². The zero-order valence-corrected chi connectivity index (χ0v) is 9.98. The number of carbonyl (C=O) groups excluding carboxylic acids is 1. The fraction of sp³-hybridized carbons (Fsp3) is 0.462. The van der Waals surface area contributed by atoms with Crippen LogP contribution in [0.1, 0.15) is 17.0 Å². The third-order valence-corrected chi connectivity index (χ3v) is 4.09. The van der Waals surface area contributed by atoms with Crippen LogP contribution in [0.3, 0.4) is 0 Å². The van der Waals surface area contributed by atoms with E-state index >= 15 is 0 Å². The van der Waals surface area contributed by atoms with Gasteiger partial charge in [-0.25, -0.2) is 4.98 Å². The molecule has 5 nitrogen and oxygen atoms in total. The van der Waals surface area contributed by atoms with Gasteiger partial charge in [0.25, 0.3) is 0 Å². The molecule has 2 bridgehead atoms. The largest absolute Gasteiger partial charge is 0.481 e. The van der Waals surface area contributed by atoms with E-state index in [0.717, 1.165) is 6.42 Å². The Balaban J connectivity index is 1.96. The van der Waals surface area contributed by atoms with Crippen LogP contribution in [0.15, 0.2) is 24.5 Å². The molecular weight excluding hydrogens is 232 g/mol. The molecule has 1 N–H and O–H groups in total. The summed E-state index contributed by atoms with van der Waals surface area (Å²) in [6.07, 6.45) is 7.87. The molecule has 2 aliphatic rings. The van der Waals surface area contributed by atoms with Gasteiger partial charge in [0.05, 0.1) is 11.8 Å². The molecule has 0 spiro atoms. The molecule has 1 fully saturated rings. The number of aromatic nitrogens is 2. The van der Waals surface area contributed by atoms with Gasteiger partial charge in [-0.3, -0.25) is 14.2 Å². The van der Waals surface area contributed by atoms with Crippen LogP contribution in [-0.4, -0.2) is 26.5 Å². The first-order valence-corrected chi connectivity index (χ1v) is 6.05. The Labute approximate surface area is 104 Å². The number of imidazole rings is 1. The maximum Gasteiger partial charge on any atom is 0.307 e. The van der Waals surface area contributed by atoms with E-state index in [1.807, 2.05) is 12.2 Å². The summed E-state index contributed by atoms with van der Waals surface area (Å²) in [5.41, 5.74) is 0. The van der Waals surface area contributed by atoms with Gasteiger partial charge < -0.3 is 5.11 Å². The van der Waals surface area contributed by atoms with Gasteiger partial charge in [-0.1, -0.05) is 12.2 Å². The molecule has 1 heterocycles. The van der Waals surface area contributed by atoms with Crippen LogP contribution >= 0.6 is 0 Å². The molecule has 0 radical (unpaired) electrons. The Morgan fingerprint density at radius 3 is 2.56 bits per heavy atom. The van der Waals surface area contributed by atoms with Crippen LogP contribution in [0.5, 0.6) is 0 Å². The number of carboxylic acid groups (broad SMARTS) is 1. The highest BCUT2D eigenvalue weighted by Gasteiger charge is 2.52. The predicted molar refractivity (Wildman–Crippen MR) is 62.9 cm³/mol. The minimum Gasteiger partial charge on any atom is -0.481 e. The maximum atomic E-state index is 12.5. The lowest BCUT2D eigenvalue weighted by molar-refractivity contribution is -0.143. The molecule has 2 aliphatic carbocycles. The summed E-state index contributed by atoms with van der Waals surface area (Å²) < 4.78 is 1.47. The number of allylic oxidation sites excluding steroid dienone is 2. The number of carboxylic acids is 1. The Hall–Kier alpha value is -1.91. The van der Waals surface area contributed by atoms with Crippen molar-refractivity contribution in [1.82, 2.24) is 9.55 Å². The third-order valence-electron chi connectivity index (χ3n) is 4.09. The minimum absolute atomic E-state index is 0.00489. The fourth-order valence-electron chi connectivity index (χ4n) is 3.27. The van der Waals surface area contributed by atoms with Gasteiger partial charge >= 0.3 is 5.97 Å². The van der Waals surface area contributed by atoms with Gasteiger partial charge in [0.2, 0.25) is 5.91 Å². The quantitative estimate of drug-likeness (QED) is 0.799. The number of rotatable bonds is 2. The lowest BCUT2D eigenvalue weighted by Crippen LogP contribution is -2.36. The van der Waals surface area contributed by atoms with E-state index < -0.39 is 17.8 Å². The summed E-state index contributed by atoms with van der Waals surface area (Å²) in [6, 6.07) is 0. The van der Waals surface area contributed by atoms with Crippen molar-refractivity contribution in [3.63, 3.8) is 0 Å². The Morgan fingerprint density at radius 2 is 2.00 bits per heavy atom. The van der Waals surface area contributed by atoms with E-state index in [-0.39, 0.29) is 17.7 Å². The number of carbonyl (C=O) groups is 2. The van der Waals surface area contributed by atoms with Crippen LogP contribution in [0.2, 0.25) is 0 Å². The Morgan fingerprint density at radius 1 is 1.33 bits per heavy atom. The standard InChI is InChI=1S/C13H14N2O3/c1-7-14-4-5-15(7)12(16)10-8-2-3-9(6-8)11(10)13(17)18/h2-5,8-11H,6H2,1H3,(H,17,18)/t8-,9+,10+,11+/m1/s1. The summed E-state index contributed by atoms with van der Waals surface area (Å²) in [5.74, 6) is -1.39. The van der Waals surface area contributed by atoms with Gasteiger partial charge in [-0.2, -0.15) is 0 Å². The molecule has 1 aromatic rings. The molecule has 1 aromatic heterocycles. The zero-order chi connectivity index (χ0) is 12.9. The van der Waals surface area contributed by atoms with E-state index in [0.29, 0.717) is 5.82 Å². The Kier molecular flexibility index (Phi) is 2.36. The molecule has 4 atom stereocenters. The van der Waals surface area contributed by atoms with E-state index in [1.165, 1.54) is 4.57 Å². The van der Waals surface area contributed by atoms with Crippen molar-refractivity contribution in [3.8, 4) is 0 Å². The number of fused-ring (bicyclic) bond motifs is 2. The van der Waals surface area contributed by atoms with Crippen molar-refractivity contribution in [2.24, 2.45) is 23.7 Å². The van der Waals surface area contributed by atoms with Gasteiger partial charge in [0.1, 0.15) is 5.82 Å². The molecule has 0 aliphatic heterocycles. The molecule has 1 saturated carbocycles. The third kappa shape index (κ3) is 1.43. The Bertz CT molecular complexity index is 546. The summed E-state index contributed by atoms with van der Waals surface area (Å²) in [4.78, 5) is 27.8. The maximum absolute atomic E-state index is 12.5. The van der Waals surface area contributed by atoms with Crippen LogP contribution in [0, 0.1) is 30.6 Å². The molecule has 94 valence electrons. The molecule has 5 heteroatoms. The number of hydrogen-bond donors (Lipinski definition) is 1. The number of aliphatic carboxylic acids is 1. The topological polar surface area (TPSA) is 72.2 Å². The summed E-state index contributed by atoms with van der Waals surface area (Å²) in [7, 11) is 0. The molecule has 18 heavy (non-hydrogen) atoms. The minimum atomic E-state index is -0.872. The van der Waals surface area contributed by atoms with Gasteiger partial charge in [0, 0.05) is 12.4 Å². The average Bonchev–Trinajstić information content (AvgIpc) is 3.01. The summed E-state index contributed by atoms with van der Waals surface area (Å²) in [6.45, 7) is 1.75. The molecule has 0 saturated heterocycles. The van der Waals surface area contributed by atoms with Gasteiger partial charge in [0.15, 0.2) is 0 Å². The highest BCUT2D eigenvalue weighted by molar-refractivity contribution is 5.88. The molecule has 0 aromatic carbocycles. The van der Waals surface area contributed by atoms with Crippen molar-refractivity contribution in [1.29, 1.82) is 0 Å². The molecule has 3 rings (SSSR count). The van der Waals surface area contributed by atoms with Crippen LogP contribution in [0.25, 0.3) is 0 Å². The lowest BCUT2D eigenvalue weighted by Gasteiger charge is -2.23. The van der Waals surface area contributed by atoms with Crippen molar-refractivity contribution in [3.05, 3.63) is 30.4 Å². The van der Waals surface area contributed by atoms with Gasteiger partial charge in [-0.05, 0) is 25.2 Å². The second-order valence-electron chi connectivity index (χ2n) is 5.02. The SMILES string of the molecule is Cc1nccn1C(=O)[C@@H]1[C@@H](C(=O)O)[C@H]2C=C[C@@H]1C2. The normalized spacial score (nSPS) is 32.9. The molecule has 0 amide bonds. The first-order chi connectivity index (χ1) is 8.59. The fourth-order valence-corrected chi connectivity index (χ4v) is 3.27. The van der Waals surface area contributed by atoms with E-state index in [1.54, 1.807) is 19.3 Å². The number of hydrogen-bond acceptors (Lipinski definition) is 3. The van der Waals surface area contributed by atoms with E-state index in [9.17, 15) is 14.7 Å². The molecule has 0 unspecified atom stereocenters. The van der Waals surface area contributed by atoms with Crippen LogP contribution < -0.4 is 0 Å². The zero-order valence-electron chi connectivity index (χ0n) is 9.98. The highest BCUT2D eigenvalue weighted by atomic mass is 16.4. The number of aryl methyl sites for hydroxylation is 1. The summed E-state index contributed by atoms with van der Waals surface area (Å²) in [5, 5.41) is 9.31. The highest BCUT2D eigenvalue weighted by Crippen LogP contribution is 2.48. The lowest BCUT2D eigenvalue weighted by atomic mass is 9.82. The summed E-state index contributed by atoms with van der Waals surface area (Å²) >= 11 is 0. The smallest absolute Gasteiger partial charge is 0.307 e. The van der Waals surface area contributed by atoms with Crippen molar-refractivity contribution >= 4 is 11.9 Å². The second-order valence-corrected chi connectivity index (χ2v) is 5.02. The first kappa shape index (κ1) is 11.2. The van der Waals surface area contributed by atoms with Crippen molar-refractivity contribution in [2.75, 3.05) is 0 Å². The van der Waals surface area contributed by atoms with Crippen LogP contribution in [-0.2, 0) is 4.79 Å². The van der Waals surface area contributed by atoms with Crippen LogP contribution in [0.4, 0.5) is 0 Å². The first-order valence-electron chi connectivity index (χ1n) is 6.05. The number of nitrogens with zero attached hydrogens (tertiary/aromatic N) is 2. The predicted octanol–water partition coefficient (Wildman–Crippen LogP) is 1.35. The van der Waals surface area contributed by atoms with E-state index in [2.05, 4.69) is 4.98 Å². The monoisotopic (exact) mass is 246 g/mol. The second kappa shape index (κ2) is 3.80. The van der Waals surface area contributed by atoms with Crippen molar-refractivity contribution < 1.29 is 14.7 Å². The van der Waals surface area contributed by atoms with Gasteiger partial charge in [-0.15, -0.1) is 0 Å². The van der Waals surface area contributed by atoms with Crippen molar-refractivity contribution in [2.45, 2.75) is 13.3 Å².